The second-order valence-electron chi connectivity index (χ2n) is 7.21. The Morgan fingerprint density at radius 3 is 2.93 bits per heavy atom. The normalized spacial score (nSPS) is 13.2. The molecule has 0 amide bonds. The number of ether oxygens (including phenoxy) is 1. The molecule has 6 heteroatoms. The largest absolute Gasteiger partial charge is 0.477 e. The molecule has 0 saturated heterocycles. The fourth-order valence-electron chi connectivity index (χ4n) is 3.86. The molecule has 1 radical (unpaired) electrons. The highest BCUT2D eigenvalue weighted by molar-refractivity contribution is 5.82. The van der Waals surface area contributed by atoms with Gasteiger partial charge in [-0.05, 0) is 56.2 Å². The zero-order chi connectivity index (χ0) is 20.0. The number of aromatic nitrogens is 3. The number of rotatable bonds is 3. The van der Waals surface area contributed by atoms with Gasteiger partial charge in [0.25, 0.3) is 0 Å². The summed E-state index contributed by atoms with van der Waals surface area (Å²) in [6.07, 6.45) is 1.73. The van der Waals surface area contributed by atoms with Crippen LogP contribution in [0.4, 0.5) is 15.9 Å². The standard InChI is InChI=1S/C23H20FN4O/c1-15-13-16-7-3-4-11-20(16)28(15)23-25-21(19-10-6-12-29-22(19)26-23)27(2)18-9-5-8-17(24)14-18/h3-5,8-9,11,13-14H,6,10,12H2,1-2H3. The smallest absolute Gasteiger partial charge is 0.239 e. The molecule has 0 aliphatic carbocycles. The summed E-state index contributed by atoms with van der Waals surface area (Å²) < 4.78 is 21.7. The molecule has 2 aromatic heterocycles. The van der Waals surface area contributed by atoms with E-state index < -0.39 is 0 Å². The van der Waals surface area contributed by atoms with Crippen LogP contribution in [-0.2, 0) is 6.42 Å². The van der Waals surface area contributed by atoms with E-state index in [1.54, 1.807) is 6.07 Å². The van der Waals surface area contributed by atoms with Gasteiger partial charge in [0.1, 0.15) is 11.6 Å². The lowest BCUT2D eigenvalue weighted by Crippen LogP contribution is -2.20. The maximum absolute atomic E-state index is 13.8. The minimum atomic E-state index is -0.281. The van der Waals surface area contributed by atoms with Crippen LogP contribution in [0, 0.1) is 18.8 Å². The Kier molecular flexibility index (Phi) is 4.19. The van der Waals surface area contributed by atoms with Gasteiger partial charge >= 0.3 is 0 Å². The lowest BCUT2D eigenvalue weighted by Gasteiger charge is -2.26. The molecule has 5 rings (SSSR count). The maximum atomic E-state index is 13.8. The molecular formula is C23H20FN4O. The molecule has 3 heterocycles. The van der Waals surface area contributed by atoms with Crippen LogP contribution < -0.4 is 9.64 Å². The molecule has 0 unspecified atom stereocenters. The summed E-state index contributed by atoms with van der Waals surface area (Å²) in [6, 6.07) is 17.7. The Bertz CT molecular complexity index is 1220. The molecule has 1 aliphatic heterocycles. The first-order valence-corrected chi connectivity index (χ1v) is 9.64. The number of anilines is 2. The topological polar surface area (TPSA) is 43.2 Å². The van der Waals surface area contributed by atoms with Crippen LogP contribution in [0.15, 0.2) is 48.5 Å². The van der Waals surface area contributed by atoms with Crippen LogP contribution in [0.3, 0.4) is 0 Å². The van der Waals surface area contributed by atoms with Gasteiger partial charge in [-0.25, -0.2) is 4.39 Å². The number of benzene rings is 2. The van der Waals surface area contributed by atoms with Crippen LogP contribution in [0.5, 0.6) is 5.88 Å². The van der Waals surface area contributed by atoms with Gasteiger partial charge in [-0.3, -0.25) is 4.57 Å². The summed E-state index contributed by atoms with van der Waals surface area (Å²) >= 11 is 0. The van der Waals surface area contributed by atoms with Gasteiger partial charge in [0.05, 0.1) is 17.7 Å². The third-order valence-corrected chi connectivity index (χ3v) is 5.27. The highest BCUT2D eigenvalue weighted by atomic mass is 19.1. The summed E-state index contributed by atoms with van der Waals surface area (Å²) in [5, 5.41) is 1.01. The van der Waals surface area contributed by atoms with E-state index in [0.29, 0.717) is 18.4 Å². The second-order valence-corrected chi connectivity index (χ2v) is 7.21. The van der Waals surface area contributed by atoms with E-state index in [1.165, 1.54) is 12.1 Å². The van der Waals surface area contributed by atoms with Gasteiger partial charge in [0, 0.05) is 23.8 Å². The molecule has 0 atom stereocenters. The van der Waals surface area contributed by atoms with E-state index in [9.17, 15) is 4.39 Å². The third kappa shape index (κ3) is 3.01. The van der Waals surface area contributed by atoms with Crippen molar-refractivity contribution >= 4 is 22.4 Å². The van der Waals surface area contributed by atoms with E-state index in [0.717, 1.165) is 46.5 Å². The SMILES string of the molecule is Cc1cc2[c]cccc2n1-c1nc2c(c(N(C)c3cccc(F)c3)n1)CCCO2. The highest BCUT2D eigenvalue weighted by Gasteiger charge is 2.24. The quantitative estimate of drug-likeness (QED) is 0.508. The minimum Gasteiger partial charge on any atom is -0.477 e. The first-order valence-electron chi connectivity index (χ1n) is 9.64. The van der Waals surface area contributed by atoms with Crippen molar-refractivity contribution in [1.29, 1.82) is 0 Å². The van der Waals surface area contributed by atoms with Crippen molar-refractivity contribution in [3.8, 4) is 11.8 Å². The van der Waals surface area contributed by atoms with E-state index in [2.05, 4.69) is 12.1 Å². The fourth-order valence-corrected chi connectivity index (χ4v) is 3.86. The van der Waals surface area contributed by atoms with Gasteiger partial charge in [0.15, 0.2) is 0 Å². The number of hydrogen-bond acceptors (Lipinski definition) is 4. The summed E-state index contributed by atoms with van der Waals surface area (Å²) in [7, 11) is 1.89. The third-order valence-electron chi connectivity index (χ3n) is 5.27. The molecule has 29 heavy (non-hydrogen) atoms. The Hall–Kier alpha value is -3.41. The summed E-state index contributed by atoms with van der Waals surface area (Å²) in [6.45, 7) is 2.65. The second kappa shape index (κ2) is 6.88. The van der Waals surface area contributed by atoms with E-state index in [1.807, 2.05) is 47.7 Å². The van der Waals surface area contributed by atoms with Crippen LogP contribution in [0.25, 0.3) is 16.9 Å². The van der Waals surface area contributed by atoms with Crippen molar-refractivity contribution < 1.29 is 9.13 Å². The lowest BCUT2D eigenvalue weighted by molar-refractivity contribution is 0.275. The van der Waals surface area contributed by atoms with Crippen LogP contribution in [-0.4, -0.2) is 28.2 Å². The van der Waals surface area contributed by atoms with Crippen LogP contribution in [0.1, 0.15) is 17.7 Å². The van der Waals surface area contributed by atoms with Gasteiger partial charge < -0.3 is 9.64 Å². The maximum Gasteiger partial charge on any atom is 0.239 e. The minimum absolute atomic E-state index is 0.281. The number of nitrogens with zero attached hydrogens (tertiary/aromatic N) is 4. The molecule has 0 N–H and O–H groups in total. The molecule has 5 nitrogen and oxygen atoms in total. The summed E-state index contributed by atoms with van der Waals surface area (Å²) in [4.78, 5) is 11.5. The molecule has 145 valence electrons. The summed E-state index contributed by atoms with van der Waals surface area (Å²) in [5.41, 5.74) is 3.68. The van der Waals surface area contributed by atoms with Gasteiger partial charge in [-0.2, -0.15) is 9.97 Å². The molecule has 0 bridgehead atoms. The van der Waals surface area contributed by atoms with Crippen molar-refractivity contribution in [3.63, 3.8) is 0 Å². The Balaban J connectivity index is 1.72. The Morgan fingerprint density at radius 2 is 2.07 bits per heavy atom. The van der Waals surface area contributed by atoms with Crippen LogP contribution in [0.2, 0.25) is 0 Å². The van der Waals surface area contributed by atoms with Gasteiger partial charge in [-0.1, -0.05) is 18.2 Å². The molecule has 4 aromatic rings. The van der Waals surface area contributed by atoms with Crippen molar-refractivity contribution in [1.82, 2.24) is 14.5 Å². The van der Waals surface area contributed by atoms with Crippen LogP contribution >= 0.6 is 0 Å². The number of hydrogen-bond donors (Lipinski definition) is 0. The number of fused-ring (bicyclic) bond motifs is 2. The number of halogens is 1. The van der Waals surface area contributed by atoms with E-state index in [4.69, 9.17) is 14.7 Å². The summed E-state index contributed by atoms with van der Waals surface area (Å²) in [5.74, 6) is 1.59. The monoisotopic (exact) mass is 387 g/mol. The lowest BCUT2D eigenvalue weighted by atomic mass is 10.1. The zero-order valence-electron chi connectivity index (χ0n) is 16.3. The number of aryl methyl sites for hydroxylation is 1. The molecule has 2 aromatic carbocycles. The molecule has 0 saturated carbocycles. The average molecular weight is 387 g/mol. The van der Waals surface area contributed by atoms with Crippen molar-refractivity contribution in [3.05, 3.63) is 71.7 Å². The van der Waals surface area contributed by atoms with E-state index in [-0.39, 0.29) is 5.82 Å². The first kappa shape index (κ1) is 17.7. The van der Waals surface area contributed by atoms with Crippen molar-refractivity contribution in [2.24, 2.45) is 0 Å². The molecule has 1 aliphatic rings. The molecule has 0 fully saturated rings. The first-order chi connectivity index (χ1) is 14.1. The predicted molar refractivity (Wildman–Crippen MR) is 111 cm³/mol. The Morgan fingerprint density at radius 1 is 1.17 bits per heavy atom. The molecular weight excluding hydrogens is 367 g/mol. The van der Waals surface area contributed by atoms with Crippen molar-refractivity contribution in [2.45, 2.75) is 19.8 Å². The zero-order valence-corrected chi connectivity index (χ0v) is 16.3. The molecule has 0 spiro atoms. The highest BCUT2D eigenvalue weighted by Crippen LogP contribution is 2.35. The van der Waals surface area contributed by atoms with Gasteiger partial charge in [0.2, 0.25) is 11.8 Å². The van der Waals surface area contributed by atoms with E-state index >= 15 is 0 Å². The average Bonchev–Trinajstić information content (AvgIpc) is 3.08. The Labute approximate surface area is 168 Å². The predicted octanol–water partition coefficient (Wildman–Crippen LogP) is 4.76. The van der Waals surface area contributed by atoms with Gasteiger partial charge in [-0.15, -0.1) is 0 Å². The van der Waals surface area contributed by atoms with Crippen molar-refractivity contribution in [2.75, 3.05) is 18.6 Å². The fraction of sp³-hybridized carbons (Fsp3) is 0.217.